The summed E-state index contributed by atoms with van der Waals surface area (Å²) in [7, 11) is -4.02. The van der Waals surface area contributed by atoms with Gasteiger partial charge in [0.25, 0.3) is 10.0 Å². The van der Waals surface area contributed by atoms with Gasteiger partial charge in [0.2, 0.25) is 0 Å². The minimum atomic E-state index is -4.02. The lowest BCUT2D eigenvalue weighted by molar-refractivity contribution is 0.112. The number of para-hydroxylation sites is 1. The van der Waals surface area contributed by atoms with E-state index in [9.17, 15) is 18.5 Å². The van der Waals surface area contributed by atoms with E-state index < -0.39 is 10.0 Å². The highest BCUT2D eigenvalue weighted by Gasteiger charge is 2.27. The second-order valence-corrected chi connectivity index (χ2v) is 8.56. The molecule has 30 heavy (non-hydrogen) atoms. The van der Waals surface area contributed by atoms with Gasteiger partial charge in [-0.2, -0.15) is 5.26 Å². The zero-order valence-electron chi connectivity index (χ0n) is 16.4. The van der Waals surface area contributed by atoms with Crippen molar-refractivity contribution in [3.63, 3.8) is 0 Å². The van der Waals surface area contributed by atoms with E-state index in [1.165, 1.54) is 12.1 Å². The molecule has 0 heterocycles. The average molecular weight is 417 g/mol. The fraction of sp³-hybridized carbons (Fsp3) is 0.0833. The molecule has 0 atom stereocenters. The van der Waals surface area contributed by atoms with Crippen molar-refractivity contribution >= 4 is 28.1 Å². The van der Waals surface area contributed by atoms with Crippen LogP contribution >= 0.6 is 0 Å². The van der Waals surface area contributed by atoms with Crippen LogP contribution in [0.2, 0.25) is 0 Å². The number of nitrogens with zero attached hydrogens (tertiary/aromatic N) is 2. The molecule has 3 rings (SSSR count). The average Bonchev–Trinajstić information content (AvgIpc) is 2.77. The third-order valence-corrected chi connectivity index (χ3v) is 6.31. The van der Waals surface area contributed by atoms with Crippen molar-refractivity contribution in [2.45, 2.75) is 11.8 Å². The molecule has 0 N–H and O–H groups in total. The summed E-state index contributed by atoms with van der Waals surface area (Å²) in [4.78, 5) is 11.7. The number of aldehydes is 1. The number of hydrogen-bond acceptors (Lipinski definition) is 4. The van der Waals surface area contributed by atoms with Crippen molar-refractivity contribution in [3.05, 3.63) is 101 Å². The summed E-state index contributed by atoms with van der Waals surface area (Å²) in [6.45, 7) is 1.67. The Morgan fingerprint density at radius 1 is 0.967 bits per heavy atom. The third kappa shape index (κ3) is 4.65. The van der Waals surface area contributed by atoms with Gasteiger partial charge >= 0.3 is 0 Å². The van der Waals surface area contributed by atoms with Gasteiger partial charge in [-0.25, -0.2) is 8.42 Å². The number of aryl methyl sites for hydroxylation is 1. The van der Waals surface area contributed by atoms with Crippen LogP contribution in [0.5, 0.6) is 0 Å². The zero-order valence-corrected chi connectivity index (χ0v) is 17.2. The van der Waals surface area contributed by atoms with E-state index in [-0.39, 0.29) is 28.3 Å². The SMILES string of the molecule is Cc1ccc(S(=O)(=O)N(C/C(C#N)=C\c2ccccc2)c2ccccc2C=O)cc1. The van der Waals surface area contributed by atoms with Crippen molar-refractivity contribution in [2.24, 2.45) is 0 Å². The Bertz CT molecular complexity index is 1210. The molecular formula is C24H20N2O3S. The van der Waals surface area contributed by atoms with Crippen LogP contribution in [0.1, 0.15) is 21.5 Å². The fourth-order valence-corrected chi connectivity index (χ4v) is 4.44. The molecule has 6 heteroatoms. The van der Waals surface area contributed by atoms with Gasteiger partial charge in [0, 0.05) is 5.56 Å². The molecule has 0 aliphatic carbocycles. The second kappa shape index (κ2) is 9.21. The van der Waals surface area contributed by atoms with Crippen LogP contribution in [-0.4, -0.2) is 21.2 Å². The third-order valence-electron chi connectivity index (χ3n) is 4.54. The number of sulfonamides is 1. The molecule has 0 aliphatic heterocycles. The lowest BCUT2D eigenvalue weighted by Crippen LogP contribution is -2.33. The number of rotatable bonds is 7. The molecule has 0 saturated heterocycles. The first-order valence-corrected chi connectivity index (χ1v) is 10.7. The molecule has 5 nitrogen and oxygen atoms in total. The molecule has 0 aliphatic rings. The number of nitriles is 1. The van der Waals surface area contributed by atoms with Gasteiger partial charge in [0.1, 0.15) is 0 Å². The highest BCUT2D eigenvalue weighted by Crippen LogP contribution is 2.28. The van der Waals surface area contributed by atoms with Gasteiger partial charge in [0.05, 0.1) is 28.8 Å². The summed E-state index contributed by atoms with van der Waals surface area (Å²) in [5.74, 6) is 0. The van der Waals surface area contributed by atoms with Crippen molar-refractivity contribution in [1.82, 2.24) is 0 Å². The van der Waals surface area contributed by atoms with E-state index in [0.717, 1.165) is 15.4 Å². The maximum absolute atomic E-state index is 13.5. The smallest absolute Gasteiger partial charge is 0.264 e. The van der Waals surface area contributed by atoms with E-state index >= 15 is 0 Å². The Morgan fingerprint density at radius 2 is 1.60 bits per heavy atom. The van der Waals surface area contributed by atoms with Crippen molar-refractivity contribution in [3.8, 4) is 6.07 Å². The van der Waals surface area contributed by atoms with E-state index in [2.05, 4.69) is 6.07 Å². The standard InChI is InChI=1S/C24H20N2O3S/c1-19-11-13-23(14-12-19)30(28,29)26(24-10-6-5-9-22(24)18-27)17-21(16-25)15-20-7-3-2-4-8-20/h2-15,18H,17H2,1H3/b21-15-. The van der Waals surface area contributed by atoms with E-state index in [1.54, 1.807) is 42.5 Å². The van der Waals surface area contributed by atoms with Gasteiger partial charge in [-0.05, 0) is 42.8 Å². The highest BCUT2D eigenvalue weighted by molar-refractivity contribution is 7.92. The largest absolute Gasteiger partial charge is 0.298 e. The minimum Gasteiger partial charge on any atom is -0.298 e. The lowest BCUT2D eigenvalue weighted by Gasteiger charge is -2.25. The summed E-state index contributed by atoms with van der Waals surface area (Å²) in [5.41, 5.74) is 2.41. The Labute approximate surface area is 176 Å². The molecule has 3 aromatic carbocycles. The molecule has 3 aromatic rings. The van der Waals surface area contributed by atoms with Crippen molar-refractivity contribution in [1.29, 1.82) is 5.26 Å². The van der Waals surface area contributed by atoms with Crippen LogP contribution in [0, 0.1) is 18.3 Å². The molecule has 150 valence electrons. The summed E-state index contributed by atoms with van der Waals surface area (Å²) < 4.78 is 28.1. The number of hydrogen-bond donors (Lipinski definition) is 0. The van der Waals surface area contributed by atoms with Crippen molar-refractivity contribution in [2.75, 3.05) is 10.8 Å². The van der Waals surface area contributed by atoms with Gasteiger partial charge < -0.3 is 0 Å². The Balaban J connectivity index is 2.13. The normalized spacial score (nSPS) is 11.5. The topological polar surface area (TPSA) is 78.2 Å². The predicted molar refractivity (Wildman–Crippen MR) is 118 cm³/mol. The molecule has 0 bridgehead atoms. The number of carbonyl (C=O) groups is 1. The first-order valence-electron chi connectivity index (χ1n) is 9.25. The quantitative estimate of drug-likeness (QED) is 0.416. The van der Waals surface area contributed by atoms with Crippen LogP contribution in [-0.2, 0) is 10.0 Å². The lowest BCUT2D eigenvalue weighted by atomic mass is 10.1. The monoisotopic (exact) mass is 416 g/mol. The van der Waals surface area contributed by atoms with E-state index in [1.807, 2.05) is 37.3 Å². The molecular weight excluding hydrogens is 396 g/mol. The van der Waals surface area contributed by atoms with E-state index in [0.29, 0.717) is 6.29 Å². The predicted octanol–water partition coefficient (Wildman–Crippen LogP) is 4.61. The van der Waals surface area contributed by atoms with Crippen LogP contribution in [0.25, 0.3) is 6.08 Å². The van der Waals surface area contributed by atoms with Crippen LogP contribution in [0.3, 0.4) is 0 Å². The van der Waals surface area contributed by atoms with Gasteiger partial charge in [-0.3, -0.25) is 9.10 Å². The molecule has 0 unspecified atom stereocenters. The maximum atomic E-state index is 13.5. The van der Waals surface area contributed by atoms with Crippen LogP contribution < -0.4 is 4.31 Å². The molecule has 0 radical (unpaired) electrons. The summed E-state index contributed by atoms with van der Waals surface area (Å²) >= 11 is 0. The van der Waals surface area contributed by atoms with Crippen LogP contribution in [0.4, 0.5) is 5.69 Å². The summed E-state index contributed by atoms with van der Waals surface area (Å²) in [6, 6.07) is 24.2. The number of benzene rings is 3. The first kappa shape index (κ1) is 21.0. The number of carbonyl (C=O) groups excluding carboxylic acids is 1. The summed E-state index contributed by atoms with van der Waals surface area (Å²) in [5, 5.41) is 9.67. The Morgan fingerprint density at radius 3 is 2.23 bits per heavy atom. The molecule has 0 fully saturated rings. The zero-order chi connectivity index (χ0) is 21.6. The molecule has 0 spiro atoms. The second-order valence-electron chi connectivity index (χ2n) is 6.69. The van der Waals surface area contributed by atoms with Crippen molar-refractivity contribution < 1.29 is 13.2 Å². The van der Waals surface area contributed by atoms with E-state index in [4.69, 9.17) is 0 Å². The Hall–Kier alpha value is -3.69. The van der Waals surface area contributed by atoms with Gasteiger partial charge in [-0.1, -0.05) is 60.2 Å². The highest BCUT2D eigenvalue weighted by atomic mass is 32.2. The molecule has 0 aromatic heterocycles. The van der Waals surface area contributed by atoms with Crippen LogP contribution in [0.15, 0.2) is 89.3 Å². The minimum absolute atomic E-state index is 0.0887. The maximum Gasteiger partial charge on any atom is 0.264 e. The Kier molecular flexibility index (Phi) is 6.45. The van der Waals surface area contributed by atoms with Gasteiger partial charge in [0.15, 0.2) is 6.29 Å². The first-order chi connectivity index (χ1) is 14.5. The number of anilines is 1. The summed E-state index contributed by atoms with van der Waals surface area (Å²) in [6.07, 6.45) is 2.25. The molecule has 0 saturated carbocycles. The fourth-order valence-electron chi connectivity index (χ4n) is 2.97. The van der Waals surface area contributed by atoms with Gasteiger partial charge in [-0.15, -0.1) is 0 Å². The molecule has 0 amide bonds.